The Morgan fingerprint density at radius 1 is 0.774 bits per heavy atom. The van der Waals surface area contributed by atoms with Crippen LogP contribution >= 0.6 is 0 Å². The first-order chi connectivity index (χ1) is 14.6. The molecule has 3 N–H and O–H groups in total. The Balaban J connectivity index is 2.31. The molecule has 2 aliphatic carbocycles. The minimum absolute atomic E-state index is 0.00597. The van der Waals surface area contributed by atoms with Gasteiger partial charge in [-0.2, -0.15) is 0 Å². The summed E-state index contributed by atoms with van der Waals surface area (Å²) in [7, 11) is 1.35. The van der Waals surface area contributed by atoms with Crippen LogP contribution in [0, 0.1) is 24.3 Å². The summed E-state index contributed by atoms with van der Waals surface area (Å²) in [5, 5.41) is 30.9. The van der Waals surface area contributed by atoms with Gasteiger partial charge in [0.15, 0.2) is 21.7 Å². The Hall–Kier alpha value is -4.20. The number of rotatable bonds is 2. The Morgan fingerprint density at radius 2 is 1.35 bits per heavy atom. The van der Waals surface area contributed by atoms with Gasteiger partial charge in [-0.3, -0.25) is 19.2 Å². The Bertz CT molecular complexity index is 1690. The van der Waals surface area contributed by atoms with Gasteiger partial charge in [0.25, 0.3) is 0 Å². The van der Waals surface area contributed by atoms with Crippen LogP contribution in [0.3, 0.4) is 0 Å². The summed E-state index contributed by atoms with van der Waals surface area (Å²) in [5.41, 5.74) is -3.75. The second-order valence-corrected chi connectivity index (χ2v) is 7.26. The van der Waals surface area contributed by atoms with Crippen LogP contribution in [-0.4, -0.2) is 22.4 Å². The number of phenols is 3. The molecule has 0 saturated carbocycles. The molecule has 0 radical (unpaired) electrons. The summed E-state index contributed by atoms with van der Waals surface area (Å²) < 4.78 is 5.23. The van der Waals surface area contributed by atoms with E-state index in [2.05, 4.69) is 0 Å². The lowest BCUT2D eigenvalue weighted by Crippen LogP contribution is -2.30. The summed E-state index contributed by atoms with van der Waals surface area (Å²) in [5.74, 6) is -1.20. The molecule has 0 atom stereocenters. The number of ether oxygens (including phenoxy) is 1. The van der Waals surface area contributed by atoms with Crippen molar-refractivity contribution in [2.45, 2.75) is 13.8 Å². The van der Waals surface area contributed by atoms with E-state index in [0.717, 1.165) is 18.2 Å². The Labute approximate surface area is 173 Å². The van der Waals surface area contributed by atoms with Crippen LogP contribution in [0.5, 0.6) is 23.0 Å². The fourth-order valence-electron chi connectivity index (χ4n) is 3.96. The summed E-state index contributed by atoms with van der Waals surface area (Å²) in [6.07, 6.45) is 0. The zero-order valence-electron chi connectivity index (χ0n) is 16.7. The maximum Gasteiger partial charge on any atom is 0.199 e. The normalized spacial score (nSPS) is 11.3. The van der Waals surface area contributed by atoms with Gasteiger partial charge >= 0.3 is 0 Å². The fraction of sp³-hybridized carbons (Fsp3) is 0.130. The highest BCUT2D eigenvalue weighted by molar-refractivity contribution is 6.06. The molecule has 0 aromatic heterocycles. The number of fused-ring (bicyclic) bond motifs is 1. The van der Waals surface area contributed by atoms with Crippen molar-refractivity contribution in [2.75, 3.05) is 7.11 Å². The van der Waals surface area contributed by atoms with Crippen molar-refractivity contribution >= 4 is 10.8 Å². The summed E-state index contributed by atoms with van der Waals surface area (Å²) in [6, 6.07) is 4.35. The number of hydrogen-bond acceptors (Lipinski definition) is 8. The molecule has 0 heterocycles. The molecule has 0 fully saturated rings. The molecule has 0 saturated heterocycles. The van der Waals surface area contributed by atoms with Gasteiger partial charge in [0.2, 0.25) is 0 Å². The van der Waals surface area contributed by atoms with Gasteiger partial charge < -0.3 is 20.1 Å². The molecular weight excluding hydrogens is 404 g/mol. The van der Waals surface area contributed by atoms with Crippen LogP contribution in [-0.2, 0) is 0 Å². The average Bonchev–Trinajstić information content (AvgIpc) is 2.73. The lowest BCUT2D eigenvalue weighted by molar-refractivity contribution is 0.412. The summed E-state index contributed by atoms with van der Waals surface area (Å²) in [4.78, 5) is 50.5. The third-order valence-corrected chi connectivity index (χ3v) is 5.50. The van der Waals surface area contributed by atoms with Crippen LogP contribution in [0.25, 0.3) is 21.9 Å². The van der Waals surface area contributed by atoms with Crippen molar-refractivity contribution in [3.63, 3.8) is 0 Å². The molecule has 4 rings (SSSR count). The van der Waals surface area contributed by atoms with E-state index in [1.807, 2.05) is 0 Å². The second-order valence-electron chi connectivity index (χ2n) is 7.26. The molecule has 8 heteroatoms. The van der Waals surface area contributed by atoms with Gasteiger partial charge in [-0.25, -0.2) is 0 Å². The molecule has 0 aliphatic heterocycles. The minimum Gasteiger partial charge on any atom is -0.507 e. The van der Waals surface area contributed by atoms with Crippen LogP contribution in [0.4, 0.5) is 0 Å². The van der Waals surface area contributed by atoms with E-state index in [0.29, 0.717) is 5.56 Å². The van der Waals surface area contributed by atoms with E-state index in [4.69, 9.17) is 4.74 Å². The van der Waals surface area contributed by atoms with Crippen molar-refractivity contribution < 1.29 is 20.1 Å². The molecule has 0 bridgehead atoms. The predicted molar refractivity (Wildman–Crippen MR) is 113 cm³/mol. The van der Waals surface area contributed by atoms with Gasteiger partial charge in [0, 0.05) is 16.7 Å². The van der Waals surface area contributed by atoms with Crippen molar-refractivity contribution in [3.05, 3.63) is 86.7 Å². The number of benzene rings is 2. The van der Waals surface area contributed by atoms with Crippen molar-refractivity contribution in [2.24, 2.45) is 0 Å². The minimum atomic E-state index is -0.928. The third-order valence-electron chi connectivity index (χ3n) is 5.50. The van der Waals surface area contributed by atoms with E-state index in [9.17, 15) is 34.5 Å². The molecule has 156 valence electrons. The van der Waals surface area contributed by atoms with Gasteiger partial charge in [-0.15, -0.1) is 0 Å². The average molecular weight is 420 g/mol. The topological polar surface area (TPSA) is 138 Å². The monoisotopic (exact) mass is 420 g/mol. The molecule has 0 unspecified atom stereocenters. The highest BCUT2D eigenvalue weighted by atomic mass is 16.5. The molecule has 2 aliphatic rings. The maximum atomic E-state index is 13.2. The van der Waals surface area contributed by atoms with Crippen molar-refractivity contribution in [1.29, 1.82) is 0 Å². The van der Waals surface area contributed by atoms with E-state index in [1.165, 1.54) is 20.1 Å². The molecule has 2 aromatic rings. The number of aryl methyl sites for hydroxylation is 1. The van der Waals surface area contributed by atoms with Gasteiger partial charge in [-0.05, 0) is 43.7 Å². The Morgan fingerprint density at radius 3 is 1.94 bits per heavy atom. The molecular formula is C23H16O8. The Kier molecular flexibility index (Phi) is 4.32. The zero-order valence-corrected chi connectivity index (χ0v) is 16.7. The molecule has 31 heavy (non-hydrogen) atoms. The SMILES string of the molecule is COc1cc(C)c(O)c2c(O)c(-c3c(C)c(=O)c4c(=O)ccc(=O)c=4c3=O)cc(O)c12. The van der Waals surface area contributed by atoms with Gasteiger partial charge in [0.05, 0.1) is 28.3 Å². The van der Waals surface area contributed by atoms with Crippen LogP contribution < -0.4 is 26.5 Å². The van der Waals surface area contributed by atoms with E-state index in [-0.39, 0.29) is 39.0 Å². The smallest absolute Gasteiger partial charge is 0.199 e. The number of hydrogen-bond donors (Lipinski definition) is 3. The van der Waals surface area contributed by atoms with Crippen LogP contribution in [0.1, 0.15) is 11.1 Å². The first-order valence-corrected chi connectivity index (χ1v) is 9.17. The predicted octanol–water partition coefficient (Wildman–Crippen LogP) is 1.29. The first-order valence-electron chi connectivity index (χ1n) is 9.17. The van der Waals surface area contributed by atoms with Crippen LogP contribution in [0.2, 0.25) is 0 Å². The fourth-order valence-corrected chi connectivity index (χ4v) is 3.96. The number of methoxy groups -OCH3 is 1. The van der Waals surface area contributed by atoms with Gasteiger partial charge in [-0.1, -0.05) is 0 Å². The van der Waals surface area contributed by atoms with E-state index >= 15 is 0 Å². The third kappa shape index (κ3) is 2.61. The standard InChI is InChI=1S/C23H16O8/c1-8-6-14(31-3)16-13(26)7-10(22(29)19(16)20(8)27)15-9(2)21(28)17-11(24)4-5-12(25)18(17)23(15)30/h4-7,26-27,29H,1-3H3. The lowest BCUT2D eigenvalue weighted by Gasteiger charge is -2.16. The molecule has 0 amide bonds. The highest BCUT2D eigenvalue weighted by Crippen LogP contribution is 2.49. The number of aromatic hydroxyl groups is 3. The summed E-state index contributed by atoms with van der Waals surface area (Å²) in [6.45, 7) is 2.84. The van der Waals surface area contributed by atoms with Gasteiger partial charge in [0.1, 0.15) is 23.0 Å². The summed E-state index contributed by atoms with van der Waals surface area (Å²) >= 11 is 0. The first kappa shape index (κ1) is 20.1. The molecule has 0 spiro atoms. The van der Waals surface area contributed by atoms with Crippen LogP contribution in [0.15, 0.2) is 43.4 Å². The molecule has 2 aromatic carbocycles. The van der Waals surface area contributed by atoms with E-state index < -0.39 is 43.7 Å². The highest BCUT2D eigenvalue weighted by Gasteiger charge is 2.25. The quantitative estimate of drug-likeness (QED) is 0.413. The second kappa shape index (κ2) is 6.66. The van der Waals surface area contributed by atoms with Crippen molar-refractivity contribution in [3.8, 4) is 34.1 Å². The maximum absolute atomic E-state index is 13.2. The lowest BCUT2D eigenvalue weighted by atomic mass is 9.92. The number of phenolic OH excluding ortho intramolecular Hbond substituents is 3. The largest absolute Gasteiger partial charge is 0.507 e. The molecule has 8 nitrogen and oxygen atoms in total. The zero-order chi connectivity index (χ0) is 22.8. The van der Waals surface area contributed by atoms with E-state index in [1.54, 1.807) is 6.92 Å². The van der Waals surface area contributed by atoms with Crippen molar-refractivity contribution in [1.82, 2.24) is 0 Å².